The smallest absolute Gasteiger partial charge is 0.324 e. The third-order valence-electron chi connectivity index (χ3n) is 4.48. The topological polar surface area (TPSA) is 80.1 Å². The van der Waals surface area contributed by atoms with Gasteiger partial charge in [0.05, 0.1) is 5.25 Å². The normalized spacial score (nSPS) is 16.4. The second-order valence-corrected chi connectivity index (χ2v) is 7.59. The van der Waals surface area contributed by atoms with Gasteiger partial charge in [-0.25, -0.2) is 4.79 Å². The highest BCUT2D eigenvalue weighted by molar-refractivity contribution is 8.00. The molecule has 0 bridgehead atoms. The maximum Gasteiger partial charge on any atom is 0.324 e. The summed E-state index contributed by atoms with van der Waals surface area (Å²) in [6.45, 7) is 6.94. The molecule has 2 atom stereocenters. The van der Waals surface area contributed by atoms with Crippen LogP contribution in [0.5, 0.6) is 0 Å². The van der Waals surface area contributed by atoms with Gasteiger partial charge >= 0.3 is 6.03 Å². The maximum absolute atomic E-state index is 12.6. The molecule has 2 aromatic rings. The number of carbonyl (C=O) groups excluding carboxylic acids is 2. The lowest BCUT2D eigenvalue weighted by Gasteiger charge is -2.20. The Balaban J connectivity index is 1.86. The molecule has 1 aromatic carbocycles. The van der Waals surface area contributed by atoms with Crippen molar-refractivity contribution >= 4 is 23.7 Å². The molecule has 0 spiro atoms. The van der Waals surface area contributed by atoms with Crippen molar-refractivity contribution in [3.63, 3.8) is 0 Å². The Kier molecular flexibility index (Phi) is 5.61. The van der Waals surface area contributed by atoms with E-state index in [1.807, 2.05) is 30.3 Å². The highest BCUT2D eigenvalue weighted by Gasteiger charge is 2.31. The van der Waals surface area contributed by atoms with E-state index < -0.39 is 5.25 Å². The molecule has 0 aliphatic carbocycles. The zero-order valence-electron chi connectivity index (χ0n) is 15.2. The van der Waals surface area contributed by atoms with Crippen LogP contribution in [0.3, 0.4) is 0 Å². The van der Waals surface area contributed by atoms with Gasteiger partial charge in [-0.2, -0.15) is 0 Å². The number of carbonyl (C=O) groups is 2. The molecule has 1 fully saturated rings. The van der Waals surface area contributed by atoms with Gasteiger partial charge in [-0.15, -0.1) is 10.2 Å². The first-order chi connectivity index (χ1) is 12.5. The van der Waals surface area contributed by atoms with Gasteiger partial charge in [0.2, 0.25) is 5.91 Å². The molecule has 3 amide bonds. The van der Waals surface area contributed by atoms with E-state index in [-0.39, 0.29) is 18.0 Å². The van der Waals surface area contributed by atoms with E-state index in [9.17, 15) is 9.59 Å². The Morgan fingerprint density at radius 3 is 2.62 bits per heavy atom. The van der Waals surface area contributed by atoms with Crippen LogP contribution in [0.4, 0.5) is 4.79 Å². The number of hydrogen-bond acceptors (Lipinski definition) is 5. The predicted molar refractivity (Wildman–Crippen MR) is 101 cm³/mol. The van der Waals surface area contributed by atoms with Gasteiger partial charge in [-0.05, 0) is 20.3 Å². The maximum atomic E-state index is 12.6. The first-order valence-corrected chi connectivity index (χ1v) is 9.67. The summed E-state index contributed by atoms with van der Waals surface area (Å²) in [7, 11) is 0. The minimum Gasteiger partial charge on any atom is -0.336 e. The monoisotopic (exact) mass is 373 g/mol. The zero-order valence-corrected chi connectivity index (χ0v) is 16.0. The number of urea groups is 1. The Labute approximate surface area is 157 Å². The quantitative estimate of drug-likeness (QED) is 0.788. The number of rotatable bonds is 6. The summed E-state index contributed by atoms with van der Waals surface area (Å²) in [5.74, 6) is 0.589. The summed E-state index contributed by atoms with van der Waals surface area (Å²) in [6.07, 6.45) is 0.919. The lowest BCUT2D eigenvalue weighted by atomic mass is 10.2. The number of benzene rings is 1. The van der Waals surface area contributed by atoms with Crippen LogP contribution >= 0.6 is 11.8 Å². The van der Waals surface area contributed by atoms with E-state index >= 15 is 0 Å². The molecule has 0 saturated carbocycles. The van der Waals surface area contributed by atoms with Crippen molar-refractivity contribution in [2.24, 2.45) is 0 Å². The second kappa shape index (κ2) is 7.90. The van der Waals surface area contributed by atoms with Crippen LogP contribution < -0.4 is 5.32 Å². The summed E-state index contributed by atoms with van der Waals surface area (Å²) < 4.78 is 2.08. The van der Waals surface area contributed by atoms with Crippen LogP contribution in [-0.2, 0) is 4.79 Å². The highest BCUT2D eigenvalue weighted by atomic mass is 32.2. The van der Waals surface area contributed by atoms with Crippen molar-refractivity contribution in [2.75, 3.05) is 13.1 Å². The van der Waals surface area contributed by atoms with E-state index in [0.29, 0.717) is 18.2 Å². The molecule has 1 aliphatic heterocycles. The summed E-state index contributed by atoms with van der Waals surface area (Å²) in [5, 5.41) is 11.6. The van der Waals surface area contributed by atoms with Gasteiger partial charge in [0.1, 0.15) is 0 Å². The van der Waals surface area contributed by atoms with Crippen molar-refractivity contribution < 1.29 is 9.59 Å². The molecule has 0 unspecified atom stereocenters. The van der Waals surface area contributed by atoms with Crippen molar-refractivity contribution in [3.8, 4) is 11.4 Å². The first-order valence-electron chi connectivity index (χ1n) is 8.79. The molecule has 7 nitrogen and oxygen atoms in total. The number of aromatic nitrogens is 3. The number of imide groups is 1. The predicted octanol–water partition coefficient (Wildman–Crippen LogP) is 2.95. The fraction of sp³-hybridized carbons (Fsp3) is 0.444. The molecule has 1 aliphatic rings. The van der Waals surface area contributed by atoms with Crippen LogP contribution in [0.15, 0.2) is 35.5 Å². The summed E-state index contributed by atoms with van der Waals surface area (Å²) in [6, 6.07) is 9.77. The third kappa shape index (κ3) is 3.60. The van der Waals surface area contributed by atoms with Crippen LogP contribution in [0.1, 0.15) is 33.2 Å². The first kappa shape index (κ1) is 18.4. The fourth-order valence-electron chi connectivity index (χ4n) is 2.83. The minimum absolute atomic E-state index is 0.195. The summed E-state index contributed by atoms with van der Waals surface area (Å²) in [4.78, 5) is 25.6. The average Bonchev–Trinajstić information content (AvgIpc) is 3.27. The zero-order chi connectivity index (χ0) is 18.7. The molecule has 2 heterocycles. The van der Waals surface area contributed by atoms with Gasteiger partial charge in [-0.3, -0.25) is 14.3 Å². The molecule has 3 rings (SSSR count). The van der Waals surface area contributed by atoms with Gasteiger partial charge in [0, 0.05) is 24.7 Å². The van der Waals surface area contributed by atoms with E-state index in [2.05, 4.69) is 33.9 Å². The average molecular weight is 373 g/mol. The Morgan fingerprint density at radius 1 is 1.27 bits per heavy atom. The summed E-state index contributed by atoms with van der Waals surface area (Å²) >= 11 is 1.34. The van der Waals surface area contributed by atoms with Gasteiger partial charge in [0.15, 0.2) is 11.0 Å². The largest absolute Gasteiger partial charge is 0.336 e. The number of nitrogens with one attached hydrogen (secondary N) is 1. The van der Waals surface area contributed by atoms with Crippen LogP contribution in [0.2, 0.25) is 0 Å². The lowest BCUT2D eigenvalue weighted by molar-refractivity contribution is -0.126. The molecule has 1 aromatic heterocycles. The van der Waals surface area contributed by atoms with E-state index in [1.165, 1.54) is 16.7 Å². The fourth-order valence-corrected chi connectivity index (χ4v) is 3.84. The molecule has 0 radical (unpaired) electrons. The van der Waals surface area contributed by atoms with Crippen LogP contribution in [0, 0.1) is 0 Å². The standard InChI is InChI=1S/C18H23N5O2S/c1-4-12(2)23-15(14-8-6-5-7-9-14)20-21-18(23)26-13(3)16(24)22-11-10-19-17(22)25/h5-9,12-13H,4,10-11H2,1-3H3,(H,19,25)/t12-,13-/m1/s1. The van der Waals surface area contributed by atoms with Crippen molar-refractivity contribution in [1.82, 2.24) is 25.0 Å². The summed E-state index contributed by atoms with van der Waals surface area (Å²) in [5.41, 5.74) is 0.991. The van der Waals surface area contributed by atoms with Crippen LogP contribution in [-0.4, -0.2) is 49.9 Å². The van der Waals surface area contributed by atoms with Gasteiger partial charge in [-0.1, -0.05) is 49.0 Å². The second-order valence-electron chi connectivity index (χ2n) is 6.28. The Hall–Kier alpha value is -2.35. The SMILES string of the molecule is CC[C@@H](C)n1c(S[C@H](C)C(=O)N2CCNC2=O)nnc1-c1ccccc1. The van der Waals surface area contributed by atoms with Crippen molar-refractivity contribution in [2.45, 2.75) is 43.6 Å². The lowest BCUT2D eigenvalue weighted by Crippen LogP contribution is -2.39. The van der Waals surface area contributed by atoms with Crippen molar-refractivity contribution in [3.05, 3.63) is 30.3 Å². The molecule has 8 heteroatoms. The van der Waals surface area contributed by atoms with Gasteiger partial charge in [0.25, 0.3) is 0 Å². The molecule has 138 valence electrons. The Bertz CT molecular complexity index is 792. The molecule has 26 heavy (non-hydrogen) atoms. The molecular weight excluding hydrogens is 350 g/mol. The van der Waals surface area contributed by atoms with E-state index in [0.717, 1.165) is 17.8 Å². The number of hydrogen-bond donors (Lipinski definition) is 1. The number of amides is 3. The number of nitrogens with zero attached hydrogens (tertiary/aromatic N) is 4. The number of thioether (sulfide) groups is 1. The highest BCUT2D eigenvalue weighted by Crippen LogP contribution is 2.31. The minimum atomic E-state index is -0.422. The van der Waals surface area contributed by atoms with Gasteiger partial charge < -0.3 is 5.32 Å². The molecular formula is C18H23N5O2S. The molecule has 1 saturated heterocycles. The third-order valence-corrected chi connectivity index (χ3v) is 5.53. The van der Waals surface area contributed by atoms with Crippen LogP contribution in [0.25, 0.3) is 11.4 Å². The van der Waals surface area contributed by atoms with E-state index in [4.69, 9.17) is 0 Å². The van der Waals surface area contributed by atoms with Crippen molar-refractivity contribution in [1.29, 1.82) is 0 Å². The Morgan fingerprint density at radius 2 is 2.00 bits per heavy atom. The molecule has 1 N–H and O–H groups in total. The van der Waals surface area contributed by atoms with E-state index in [1.54, 1.807) is 6.92 Å².